The Morgan fingerprint density at radius 3 is 2.57 bits per heavy atom. The molecular weight excluding hydrogens is 240 g/mol. The summed E-state index contributed by atoms with van der Waals surface area (Å²) >= 11 is 3.30. The first kappa shape index (κ1) is 11.7. The second-order valence-electron chi connectivity index (χ2n) is 3.99. The average molecular weight is 257 g/mol. The smallest absolute Gasteiger partial charge is 0.106 e. The molecule has 1 atom stereocenters. The van der Waals surface area contributed by atoms with Crippen molar-refractivity contribution in [3.05, 3.63) is 28.5 Å². The van der Waals surface area contributed by atoms with E-state index in [1.807, 2.05) is 18.3 Å². The molecule has 0 bridgehead atoms. The minimum atomic E-state index is 0.123. The molecule has 0 saturated heterocycles. The molecule has 0 aliphatic heterocycles. The summed E-state index contributed by atoms with van der Waals surface area (Å²) in [6.45, 7) is 4.43. The highest BCUT2D eigenvalue weighted by atomic mass is 79.9. The highest BCUT2D eigenvalue weighted by Gasteiger charge is 2.06. The molecule has 78 valence electrons. The van der Waals surface area contributed by atoms with E-state index in [0.29, 0.717) is 5.92 Å². The van der Waals surface area contributed by atoms with Crippen LogP contribution in [0, 0.1) is 5.92 Å². The molecule has 3 heteroatoms. The fourth-order valence-corrected chi connectivity index (χ4v) is 1.52. The van der Waals surface area contributed by atoms with Crippen LogP contribution in [0.1, 0.15) is 38.3 Å². The molecule has 0 spiro atoms. The van der Waals surface area contributed by atoms with Gasteiger partial charge in [0.1, 0.15) is 4.60 Å². The van der Waals surface area contributed by atoms with E-state index >= 15 is 0 Å². The van der Waals surface area contributed by atoms with Gasteiger partial charge in [0.2, 0.25) is 0 Å². The van der Waals surface area contributed by atoms with Gasteiger partial charge in [-0.2, -0.15) is 0 Å². The zero-order valence-electron chi connectivity index (χ0n) is 8.70. The molecular formula is C11H17BrN2. The van der Waals surface area contributed by atoms with E-state index in [1.165, 1.54) is 0 Å². The van der Waals surface area contributed by atoms with Gasteiger partial charge in [0.05, 0.1) is 0 Å². The summed E-state index contributed by atoms with van der Waals surface area (Å²) in [7, 11) is 0. The maximum atomic E-state index is 6.04. The molecule has 1 rings (SSSR count). The summed E-state index contributed by atoms with van der Waals surface area (Å²) in [6, 6.07) is 4.09. The highest BCUT2D eigenvalue weighted by molar-refractivity contribution is 9.10. The number of nitrogens with zero attached hydrogens (tertiary/aromatic N) is 1. The van der Waals surface area contributed by atoms with Crippen molar-refractivity contribution >= 4 is 15.9 Å². The summed E-state index contributed by atoms with van der Waals surface area (Å²) in [5, 5.41) is 0. The number of hydrogen-bond donors (Lipinski definition) is 1. The van der Waals surface area contributed by atoms with Gasteiger partial charge in [0.25, 0.3) is 0 Å². The van der Waals surface area contributed by atoms with Crippen LogP contribution in [0.4, 0.5) is 0 Å². The lowest BCUT2D eigenvalue weighted by Crippen LogP contribution is -2.11. The number of pyridine rings is 1. The van der Waals surface area contributed by atoms with Gasteiger partial charge in [-0.3, -0.25) is 0 Å². The number of hydrogen-bond acceptors (Lipinski definition) is 2. The molecule has 0 saturated carbocycles. The summed E-state index contributed by atoms with van der Waals surface area (Å²) in [4.78, 5) is 4.16. The Bertz CT molecular complexity index is 269. The third-order valence-corrected chi connectivity index (χ3v) is 2.70. The molecule has 1 aromatic rings. The monoisotopic (exact) mass is 256 g/mol. The SMILES string of the molecule is CC(C)CC[C@@H](N)c1ccc(Br)nc1. The first-order valence-corrected chi connectivity index (χ1v) is 5.76. The van der Waals surface area contributed by atoms with Crippen molar-refractivity contribution in [3.8, 4) is 0 Å². The lowest BCUT2D eigenvalue weighted by Gasteiger charge is -2.12. The molecule has 0 unspecified atom stereocenters. The average Bonchev–Trinajstić information content (AvgIpc) is 2.15. The molecule has 0 aliphatic rings. The van der Waals surface area contributed by atoms with Crippen molar-refractivity contribution in [3.63, 3.8) is 0 Å². The Morgan fingerprint density at radius 2 is 2.07 bits per heavy atom. The van der Waals surface area contributed by atoms with E-state index in [1.54, 1.807) is 0 Å². The Labute approximate surface area is 94.0 Å². The molecule has 0 amide bonds. The van der Waals surface area contributed by atoms with Gasteiger partial charge in [-0.05, 0) is 46.3 Å². The van der Waals surface area contributed by atoms with E-state index in [0.717, 1.165) is 23.0 Å². The normalized spacial score (nSPS) is 13.2. The lowest BCUT2D eigenvalue weighted by molar-refractivity contribution is 0.506. The third-order valence-electron chi connectivity index (χ3n) is 2.23. The van der Waals surface area contributed by atoms with Gasteiger partial charge in [-0.25, -0.2) is 4.98 Å². The van der Waals surface area contributed by atoms with Crippen molar-refractivity contribution < 1.29 is 0 Å². The second kappa shape index (κ2) is 5.47. The minimum absolute atomic E-state index is 0.123. The predicted molar refractivity (Wildman–Crippen MR) is 62.9 cm³/mol. The molecule has 0 fully saturated rings. The lowest BCUT2D eigenvalue weighted by atomic mass is 10.00. The summed E-state index contributed by atoms with van der Waals surface area (Å²) in [5.41, 5.74) is 7.16. The zero-order chi connectivity index (χ0) is 10.6. The Kier molecular flexibility index (Phi) is 4.55. The van der Waals surface area contributed by atoms with Crippen molar-refractivity contribution in [1.29, 1.82) is 0 Å². The summed E-state index contributed by atoms with van der Waals surface area (Å²) in [6.07, 6.45) is 4.04. The fraction of sp³-hybridized carbons (Fsp3) is 0.545. The molecule has 0 aliphatic carbocycles. The number of halogens is 1. The first-order chi connectivity index (χ1) is 6.59. The molecule has 1 heterocycles. The van der Waals surface area contributed by atoms with Gasteiger partial charge < -0.3 is 5.73 Å². The fourth-order valence-electron chi connectivity index (χ4n) is 1.29. The quantitative estimate of drug-likeness (QED) is 0.840. The summed E-state index contributed by atoms with van der Waals surface area (Å²) < 4.78 is 0.859. The van der Waals surface area contributed by atoms with Crippen LogP contribution in [0.15, 0.2) is 22.9 Å². The molecule has 2 nitrogen and oxygen atoms in total. The Morgan fingerprint density at radius 1 is 1.36 bits per heavy atom. The third kappa shape index (κ3) is 3.76. The van der Waals surface area contributed by atoms with Crippen LogP contribution in [-0.2, 0) is 0 Å². The molecule has 0 aromatic carbocycles. The molecule has 14 heavy (non-hydrogen) atoms. The maximum absolute atomic E-state index is 6.04. The number of rotatable bonds is 4. The zero-order valence-corrected chi connectivity index (χ0v) is 10.3. The van der Waals surface area contributed by atoms with Crippen molar-refractivity contribution in [1.82, 2.24) is 4.98 Å². The molecule has 2 N–H and O–H groups in total. The van der Waals surface area contributed by atoms with Crippen LogP contribution in [0.25, 0.3) is 0 Å². The van der Waals surface area contributed by atoms with E-state index in [4.69, 9.17) is 5.73 Å². The summed E-state index contributed by atoms with van der Waals surface area (Å²) in [5.74, 6) is 0.712. The topological polar surface area (TPSA) is 38.9 Å². The van der Waals surface area contributed by atoms with E-state index in [2.05, 4.69) is 34.8 Å². The second-order valence-corrected chi connectivity index (χ2v) is 4.80. The van der Waals surface area contributed by atoms with Gasteiger partial charge in [0, 0.05) is 12.2 Å². The van der Waals surface area contributed by atoms with Gasteiger partial charge in [-0.1, -0.05) is 19.9 Å². The van der Waals surface area contributed by atoms with Gasteiger partial charge in [0.15, 0.2) is 0 Å². The van der Waals surface area contributed by atoms with Crippen molar-refractivity contribution in [2.75, 3.05) is 0 Å². The predicted octanol–water partition coefficient (Wildman–Crippen LogP) is 3.28. The van der Waals surface area contributed by atoms with Gasteiger partial charge >= 0.3 is 0 Å². The van der Waals surface area contributed by atoms with Crippen LogP contribution >= 0.6 is 15.9 Å². The maximum Gasteiger partial charge on any atom is 0.106 e. The van der Waals surface area contributed by atoms with Crippen LogP contribution in [0.3, 0.4) is 0 Å². The van der Waals surface area contributed by atoms with E-state index in [-0.39, 0.29) is 6.04 Å². The molecule has 1 aromatic heterocycles. The van der Waals surface area contributed by atoms with Crippen LogP contribution in [0.2, 0.25) is 0 Å². The van der Waals surface area contributed by atoms with Crippen LogP contribution < -0.4 is 5.73 Å². The number of nitrogens with two attached hydrogens (primary N) is 1. The highest BCUT2D eigenvalue weighted by Crippen LogP contribution is 2.18. The Hall–Kier alpha value is -0.410. The van der Waals surface area contributed by atoms with E-state index in [9.17, 15) is 0 Å². The minimum Gasteiger partial charge on any atom is -0.324 e. The molecule has 0 radical (unpaired) electrons. The van der Waals surface area contributed by atoms with Crippen molar-refractivity contribution in [2.24, 2.45) is 11.7 Å². The van der Waals surface area contributed by atoms with E-state index < -0.39 is 0 Å². The van der Waals surface area contributed by atoms with Crippen LogP contribution in [-0.4, -0.2) is 4.98 Å². The van der Waals surface area contributed by atoms with Crippen molar-refractivity contribution in [2.45, 2.75) is 32.7 Å². The number of aromatic nitrogens is 1. The largest absolute Gasteiger partial charge is 0.324 e. The standard InChI is InChI=1S/C11H17BrN2/c1-8(2)3-5-10(13)9-4-6-11(12)14-7-9/h4,6-8,10H,3,5,13H2,1-2H3/t10-/m1/s1. The van der Waals surface area contributed by atoms with Crippen LogP contribution in [0.5, 0.6) is 0 Å². The van der Waals surface area contributed by atoms with Gasteiger partial charge in [-0.15, -0.1) is 0 Å². The first-order valence-electron chi connectivity index (χ1n) is 4.96. The Balaban J connectivity index is 2.52.